The van der Waals surface area contributed by atoms with Gasteiger partial charge in [0.05, 0.1) is 23.4 Å². The van der Waals surface area contributed by atoms with E-state index in [0.717, 1.165) is 3.97 Å². The van der Waals surface area contributed by atoms with Gasteiger partial charge in [-0.05, 0) is 60.9 Å². The highest BCUT2D eigenvalue weighted by molar-refractivity contribution is 7.90. The number of halogens is 1. The monoisotopic (exact) mass is 413 g/mol. The maximum Gasteiger partial charge on any atom is 0.244 e. The third-order valence-electron chi connectivity index (χ3n) is 4.49. The molecule has 1 heterocycles. The molecule has 0 aliphatic heterocycles. The maximum absolute atomic E-state index is 14.2. The number of fused-ring (bicyclic) bond motifs is 1. The quantitative estimate of drug-likeness (QED) is 0.648. The summed E-state index contributed by atoms with van der Waals surface area (Å²) in [6, 6.07) is 9.49. The molecule has 8 heteroatoms. The molecule has 0 aliphatic rings. The Balaban J connectivity index is 2.24. The molecule has 0 bridgehead atoms. The van der Waals surface area contributed by atoms with Crippen molar-refractivity contribution < 1.29 is 17.5 Å². The van der Waals surface area contributed by atoms with Gasteiger partial charge >= 0.3 is 0 Å². The van der Waals surface area contributed by atoms with Crippen LogP contribution in [0, 0.1) is 18.2 Å². The lowest BCUT2D eigenvalue weighted by atomic mass is 9.97. The Kier molecular flexibility index (Phi) is 5.36. The fourth-order valence-corrected chi connectivity index (χ4v) is 4.11. The molecule has 0 saturated carbocycles. The van der Waals surface area contributed by atoms with E-state index in [4.69, 9.17) is 16.9 Å². The lowest BCUT2D eigenvalue weighted by Gasteiger charge is -2.13. The SMILES string of the molecule is C#C/C=C(/c1ccc(OC)c(F)c1)c1ccc2nc(N)n(S(=O)(=O)C(C)C)c2c1. The Bertz CT molecular complexity index is 1270. The molecule has 0 unspecified atom stereocenters. The van der Waals surface area contributed by atoms with E-state index < -0.39 is 21.1 Å². The lowest BCUT2D eigenvalue weighted by Crippen LogP contribution is -2.23. The molecule has 0 spiro atoms. The first kappa shape index (κ1) is 20.4. The topological polar surface area (TPSA) is 87.2 Å². The van der Waals surface area contributed by atoms with Gasteiger partial charge in [0.25, 0.3) is 0 Å². The predicted molar refractivity (Wildman–Crippen MR) is 112 cm³/mol. The molecule has 3 aromatic rings. The van der Waals surface area contributed by atoms with Crippen LogP contribution in [0.15, 0.2) is 42.5 Å². The Labute approximate surface area is 168 Å². The fourth-order valence-electron chi connectivity index (χ4n) is 2.97. The first-order valence-corrected chi connectivity index (χ1v) is 10.2. The molecule has 29 heavy (non-hydrogen) atoms. The van der Waals surface area contributed by atoms with Crippen LogP contribution < -0.4 is 10.5 Å². The van der Waals surface area contributed by atoms with E-state index in [9.17, 15) is 12.8 Å². The molecular weight excluding hydrogens is 393 g/mol. The van der Waals surface area contributed by atoms with Crippen molar-refractivity contribution in [2.24, 2.45) is 0 Å². The van der Waals surface area contributed by atoms with Crippen molar-refractivity contribution in [3.8, 4) is 18.1 Å². The number of nitrogen functional groups attached to an aromatic ring is 1. The summed E-state index contributed by atoms with van der Waals surface area (Å²) in [6.45, 7) is 3.13. The molecule has 0 radical (unpaired) electrons. The van der Waals surface area contributed by atoms with Crippen molar-refractivity contribution in [1.29, 1.82) is 0 Å². The highest BCUT2D eigenvalue weighted by atomic mass is 32.2. The number of rotatable bonds is 5. The standard InChI is InChI=1S/C21H20FN3O3S/c1-5-6-16(14-8-10-20(28-4)17(22)11-14)15-7-9-18-19(12-15)25(21(23)24-18)29(26,27)13(2)3/h1,6-13H,2-4H3,(H2,23,24)/b16-6-. The summed E-state index contributed by atoms with van der Waals surface area (Å²) in [6.07, 6.45) is 6.97. The van der Waals surface area contributed by atoms with Crippen molar-refractivity contribution in [1.82, 2.24) is 8.96 Å². The van der Waals surface area contributed by atoms with Crippen LogP contribution in [0.3, 0.4) is 0 Å². The maximum atomic E-state index is 14.2. The van der Waals surface area contributed by atoms with Crippen molar-refractivity contribution in [2.75, 3.05) is 12.8 Å². The number of nitrogens with zero attached hydrogens (tertiary/aromatic N) is 2. The number of hydrogen-bond donors (Lipinski definition) is 1. The van der Waals surface area contributed by atoms with E-state index >= 15 is 0 Å². The van der Waals surface area contributed by atoms with Gasteiger partial charge in [0.2, 0.25) is 16.0 Å². The van der Waals surface area contributed by atoms with Crippen LogP contribution in [0.5, 0.6) is 5.75 Å². The molecule has 0 atom stereocenters. The van der Waals surface area contributed by atoms with Crippen LogP contribution in [0.4, 0.5) is 10.3 Å². The minimum absolute atomic E-state index is 0.109. The van der Waals surface area contributed by atoms with E-state index in [2.05, 4.69) is 10.9 Å². The number of hydrogen-bond acceptors (Lipinski definition) is 5. The summed E-state index contributed by atoms with van der Waals surface area (Å²) >= 11 is 0. The first-order valence-electron chi connectivity index (χ1n) is 8.73. The molecule has 1 aromatic heterocycles. The van der Waals surface area contributed by atoms with Crippen molar-refractivity contribution in [3.63, 3.8) is 0 Å². The number of anilines is 1. The molecule has 0 amide bonds. The van der Waals surface area contributed by atoms with Crippen molar-refractivity contribution >= 4 is 32.6 Å². The largest absolute Gasteiger partial charge is 0.494 e. The zero-order valence-electron chi connectivity index (χ0n) is 16.2. The normalized spacial score (nSPS) is 12.3. The van der Waals surface area contributed by atoms with Gasteiger partial charge in [-0.2, -0.15) is 0 Å². The number of allylic oxidation sites excluding steroid dienone is 1. The third kappa shape index (κ3) is 3.57. The number of nitrogens with two attached hydrogens (primary N) is 1. The first-order chi connectivity index (χ1) is 13.7. The van der Waals surface area contributed by atoms with Gasteiger partial charge in [-0.15, -0.1) is 6.42 Å². The summed E-state index contributed by atoms with van der Waals surface area (Å²) < 4.78 is 45.7. The van der Waals surface area contributed by atoms with E-state index in [1.165, 1.54) is 25.3 Å². The summed E-state index contributed by atoms with van der Waals surface area (Å²) in [7, 11) is -2.35. The third-order valence-corrected chi connectivity index (χ3v) is 6.57. The molecule has 3 rings (SSSR count). The minimum atomic E-state index is -3.73. The molecule has 0 saturated heterocycles. The average Bonchev–Trinajstić information content (AvgIpc) is 3.01. The Hall–Kier alpha value is -3.31. The second-order valence-electron chi connectivity index (χ2n) is 6.61. The van der Waals surface area contributed by atoms with Gasteiger partial charge in [0, 0.05) is 0 Å². The highest BCUT2D eigenvalue weighted by Crippen LogP contribution is 2.31. The zero-order chi connectivity index (χ0) is 21.3. The van der Waals surface area contributed by atoms with Crippen LogP contribution in [-0.2, 0) is 10.0 Å². The van der Waals surface area contributed by atoms with E-state index in [1.807, 2.05) is 0 Å². The number of imidazole rings is 1. The Morgan fingerprint density at radius 2 is 1.93 bits per heavy atom. The van der Waals surface area contributed by atoms with E-state index in [-0.39, 0.29) is 11.7 Å². The van der Waals surface area contributed by atoms with Crippen LogP contribution in [0.1, 0.15) is 25.0 Å². The number of methoxy groups -OCH3 is 1. The summed E-state index contributed by atoms with van der Waals surface area (Å²) in [5.74, 6) is 1.90. The molecule has 150 valence electrons. The summed E-state index contributed by atoms with van der Waals surface area (Å²) in [4.78, 5) is 4.14. The van der Waals surface area contributed by atoms with Gasteiger partial charge < -0.3 is 10.5 Å². The van der Waals surface area contributed by atoms with Gasteiger partial charge in [-0.25, -0.2) is 21.8 Å². The van der Waals surface area contributed by atoms with Crippen LogP contribution in [0.25, 0.3) is 16.6 Å². The van der Waals surface area contributed by atoms with Crippen molar-refractivity contribution in [3.05, 3.63) is 59.4 Å². The Morgan fingerprint density at radius 1 is 1.28 bits per heavy atom. The predicted octanol–water partition coefficient (Wildman–Crippen LogP) is 3.42. The van der Waals surface area contributed by atoms with Crippen LogP contribution >= 0.6 is 0 Å². The number of ether oxygens (including phenoxy) is 1. The van der Waals surface area contributed by atoms with Crippen LogP contribution in [-0.4, -0.2) is 29.7 Å². The smallest absolute Gasteiger partial charge is 0.244 e. The van der Waals surface area contributed by atoms with Crippen LogP contribution in [0.2, 0.25) is 0 Å². The van der Waals surface area contributed by atoms with Gasteiger partial charge in [-0.3, -0.25) is 0 Å². The molecular formula is C21H20FN3O3S. The molecule has 2 aromatic carbocycles. The number of benzene rings is 2. The molecule has 2 N–H and O–H groups in total. The van der Waals surface area contributed by atoms with Crippen molar-refractivity contribution in [2.45, 2.75) is 19.1 Å². The molecule has 0 aliphatic carbocycles. The van der Waals surface area contributed by atoms with Gasteiger partial charge in [0.15, 0.2) is 11.6 Å². The highest BCUT2D eigenvalue weighted by Gasteiger charge is 2.25. The van der Waals surface area contributed by atoms with E-state index in [1.54, 1.807) is 38.1 Å². The zero-order valence-corrected chi connectivity index (χ0v) is 17.0. The van der Waals surface area contributed by atoms with E-state index in [0.29, 0.717) is 27.7 Å². The second kappa shape index (κ2) is 7.60. The van der Waals surface area contributed by atoms with Gasteiger partial charge in [-0.1, -0.05) is 18.1 Å². The fraction of sp³-hybridized carbons (Fsp3) is 0.190. The minimum Gasteiger partial charge on any atom is -0.494 e. The average molecular weight is 413 g/mol. The number of aromatic nitrogens is 2. The summed E-state index contributed by atoms with van der Waals surface area (Å²) in [5.41, 5.74) is 8.30. The molecule has 0 fully saturated rings. The number of terminal acetylenes is 1. The second-order valence-corrected chi connectivity index (χ2v) is 8.94. The molecule has 6 nitrogen and oxygen atoms in total. The Morgan fingerprint density at radius 3 is 2.52 bits per heavy atom. The summed E-state index contributed by atoms with van der Waals surface area (Å²) in [5, 5.41) is -0.692. The van der Waals surface area contributed by atoms with Gasteiger partial charge in [0.1, 0.15) is 0 Å². The lowest BCUT2D eigenvalue weighted by molar-refractivity contribution is 0.386.